The third kappa shape index (κ3) is 3.78. The summed E-state index contributed by atoms with van der Waals surface area (Å²) in [6.07, 6.45) is 3.04. The van der Waals surface area contributed by atoms with E-state index in [0.29, 0.717) is 18.0 Å². The monoisotopic (exact) mass is 311 g/mol. The maximum atomic E-state index is 12.2. The predicted molar refractivity (Wildman–Crippen MR) is 76.2 cm³/mol. The van der Waals surface area contributed by atoms with Gasteiger partial charge in [0.05, 0.1) is 13.3 Å². The molecule has 8 nitrogen and oxygen atoms in total. The molecule has 0 amide bonds. The van der Waals surface area contributed by atoms with Crippen molar-refractivity contribution in [3.05, 3.63) is 35.7 Å². The largest absolute Gasteiger partial charge is 0.481 e. The predicted octanol–water partition coefficient (Wildman–Crippen LogP) is 0.0112. The van der Waals surface area contributed by atoms with Crippen LogP contribution < -0.4 is 14.8 Å². The zero-order valence-electron chi connectivity index (χ0n) is 11.8. The number of hydrogen-bond acceptors (Lipinski definition) is 6. The third-order valence-electron chi connectivity index (χ3n) is 2.79. The highest BCUT2D eigenvalue weighted by molar-refractivity contribution is 7.89. The van der Waals surface area contributed by atoms with Gasteiger partial charge in [-0.3, -0.25) is 5.10 Å². The SMILES string of the molecule is CNCc1cn[nH]c1S(=O)(=O)NCc1ccc(OC)nc1. The number of aromatic amines is 1. The molecule has 0 saturated carbocycles. The molecule has 0 fully saturated rings. The topological polar surface area (TPSA) is 109 Å². The highest BCUT2D eigenvalue weighted by atomic mass is 32.2. The molecule has 0 radical (unpaired) electrons. The Hall–Kier alpha value is -1.97. The Morgan fingerprint density at radius 2 is 2.10 bits per heavy atom. The van der Waals surface area contributed by atoms with Crippen LogP contribution in [-0.4, -0.2) is 37.8 Å². The quantitative estimate of drug-likeness (QED) is 0.665. The van der Waals surface area contributed by atoms with Crippen LogP contribution in [0.15, 0.2) is 29.6 Å². The molecule has 0 spiro atoms. The molecule has 0 aromatic carbocycles. The molecule has 0 atom stereocenters. The molecule has 0 unspecified atom stereocenters. The molecule has 114 valence electrons. The molecule has 21 heavy (non-hydrogen) atoms. The molecule has 2 aromatic rings. The summed E-state index contributed by atoms with van der Waals surface area (Å²) in [4.78, 5) is 4.02. The first-order valence-electron chi connectivity index (χ1n) is 6.22. The van der Waals surface area contributed by atoms with Crippen molar-refractivity contribution in [2.24, 2.45) is 0 Å². The molecule has 0 saturated heterocycles. The van der Waals surface area contributed by atoms with Crippen LogP contribution in [0.2, 0.25) is 0 Å². The van der Waals surface area contributed by atoms with E-state index in [-0.39, 0.29) is 11.6 Å². The van der Waals surface area contributed by atoms with Gasteiger partial charge in [-0.05, 0) is 12.6 Å². The minimum absolute atomic E-state index is 0.0679. The van der Waals surface area contributed by atoms with Gasteiger partial charge in [0.2, 0.25) is 5.88 Å². The second-order valence-electron chi connectivity index (χ2n) is 4.29. The summed E-state index contributed by atoms with van der Waals surface area (Å²) in [5, 5.41) is 9.24. The van der Waals surface area contributed by atoms with Crippen LogP contribution in [-0.2, 0) is 23.1 Å². The number of pyridine rings is 1. The zero-order chi connectivity index (χ0) is 15.3. The second-order valence-corrected chi connectivity index (χ2v) is 5.99. The van der Waals surface area contributed by atoms with Crippen LogP contribution >= 0.6 is 0 Å². The Bertz CT molecular complexity index is 681. The van der Waals surface area contributed by atoms with Crippen molar-refractivity contribution in [3.63, 3.8) is 0 Å². The summed E-state index contributed by atoms with van der Waals surface area (Å²) in [7, 11) is -0.395. The van der Waals surface area contributed by atoms with Gasteiger partial charge in [0.25, 0.3) is 10.0 Å². The lowest BCUT2D eigenvalue weighted by molar-refractivity contribution is 0.397. The standard InChI is InChI=1S/C12H17N5O3S/c1-13-7-10-8-15-17-12(10)21(18,19)16-6-9-3-4-11(20-2)14-5-9/h3-5,8,13,16H,6-7H2,1-2H3,(H,15,17). The van der Waals surface area contributed by atoms with Crippen molar-refractivity contribution in [1.29, 1.82) is 0 Å². The highest BCUT2D eigenvalue weighted by Crippen LogP contribution is 2.12. The summed E-state index contributed by atoms with van der Waals surface area (Å²) >= 11 is 0. The normalized spacial score (nSPS) is 11.5. The minimum atomic E-state index is -3.65. The average Bonchev–Trinajstić information content (AvgIpc) is 2.95. The first kappa shape index (κ1) is 15.4. The van der Waals surface area contributed by atoms with Crippen LogP contribution in [0.25, 0.3) is 0 Å². The number of nitrogens with one attached hydrogen (secondary N) is 3. The van der Waals surface area contributed by atoms with Crippen LogP contribution in [0.1, 0.15) is 11.1 Å². The molecule has 0 bridgehead atoms. The molecule has 0 aliphatic carbocycles. The smallest absolute Gasteiger partial charge is 0.258 e. The van der Waals surface area contributed by atoms with Gasteiger partial charge >= 0.3 is 0 Å². The van der Waals surface area contributed by atoms with Crippen LogP contribution in [0.4, 0.5) is 0 Å². The Morgan fingerprint density at radius 1 is 1.29 bits per heavy atom. The van der Waals surface area contributed by atoms with E-state index in [1.807, 2.05) is 0 Å². The first-order chi connectivity index (χ1) is 10.1. The fourth-order valence-electron chi connectivity index (χ4n) is 1.74. The van der Waals surface area contributed by atoms with E-state index < -0.39 is 10.0 Å². The third-order valence-corrected chi connectivity index (χ3v) is 4.20. The Morgan fingerprint density at radius 3 is 2.71 bits per heavy atom. The Balaban J connectivity index is 2.08. The molecular weight excluding hydrogens is 294 g/mol. The molecule has 2 rings (SSSR count). The molecular formula is C12H17N5O3S. The van der Waals surface area contributed by atoms with Crippen molar-refractivity contribution < 1.29 is 13.2 Å². The van der Waals surface area contributed by atoms with E-state index in [1.54, 1.807) is 25.4 Å². The lowest BCUT2D eigenvalue weighted by Gasteiger charge is -2.07. The van der Waals surface area contributed by atoms with Gasteiger partial charge in [0, 0.05) is 30.9 Å². The molecule has 3 N–H and O–H groups in total. The maximum absolute atomic E-state index is 12.2. The van der Waals surface area contributed by atoms with Gasteiger partial charge in [-0.15, -0.1) is 0 Å². The number of sulfonamides is 1. The number of methoxy groups -OCH3 is 1. The number of nitrogens with zero attached hydrogens (tertiary/aromatic N) is 2. The van der Waals surface area contributed by atoms with E-state index in [1.165, 1.54) is 13.3 Å². The number of ether oxygens (including phenoxy) is 1. The van der Waals surface area contributed by atoms with Crippen molar-refractivity contribution in [2.75, 3.05) is 14.2 Å². The molecule has 2 aromatic heterocycles. The van der Waals surface area contributed by atoms with Crippen molar-refractivity contribution >= 4 is 10.0 Å². The Kier molecular flexibility index (Phi) is 4.89. The fourth-order valence-corrected chi connectivity index (χ4v) is 2.88. The summed E-state index contributed by atoms with van der Waals surface area (Å²) in [5.41, 5.74) is 1.31. The number of aromatic nitrogens is 3. The van der Waals surface area contributed by atoms with E-state index in [4.69, 9.17) is 4.74 Å². The fraction of sp³-hybridized carbons (Fsp3) is 0.333. The summed E-state index contributed by atoms with van der Waals surface area (Å²) in [5.74, 6) is 0.478. The summed E-state index contributed by atoms with van der Waals surface area (Å²) < 4.78 is 31.9. The number of hydrogen-bond donors (Lipinski definition) is 3. The molecule has 0 aliphatic rings. The van der Waals surface area contributed by atoms with Gasteiger partial charge in [-0.25, -0.2) is 18.1 Å². The van der Waals surface area contributed by atoms with Gasteiger partial charge in [-0.1, -0.05) is 6.07 Å². The van der Waals surface area contributed by atoms with Crippen molar-refractivity contribution in [2.45, 2.75) is 18.1 Å². The van der Waals surface area contributed by atoms with E-state index in [2.05, 4.69) is 25.2 Å². The lowest BCUT2D eigenvalue weighted by Crippen LogP contribution is -2.25. The number of rotatable bonds is 7. The van der Waals surface area contributed by atoms with E-state index in [0.717, 1.165) is 5.56 Å². The van der Waals surface area contributed by atoms with E-state index in [9.17, 15) is 8.42 Å². The summed E-state index contributed by atoms with van der Waals surface area (Å²) in [6, 6.07) is 3.42. The van der Waals surface area contributed by atoms with Gasteiger partial charge in [-0.2, -0.15) is 5.10 Å². The van der Waals surface area contributed by atoms with E-state index >= 15 is 0 Å². The van der Waals surface area contributed by atoms with Crippen molar-refractivity contribution in [3.8, 4) is 5.88 Å². The molecule has 0 aliphatic heterocycles. The van der Waals surface area contributed by atoms with Crippen LogP contribution in [0, 0.1) is 0 Å². The molecule has 9 heteroatoms. The Labute approximate surface area is 123 Å². The second kappa shape index (κ2) is 6.66. The van der Waals surface area contributed by atoms with Crippen LogP contribution in [0.3, 0.4) is 0 Å². The first-order valence-corrected chi connectivity index (χ1v) is 7.70. The lowest BCUT2D eigenvalue weighted by atomic mass is 10.3. The molecule has 2 heterocycles. The summed E-state index contributed by atoms with van der Waals surface area (Å²) in [6.45, 7) is 0.550. The zero-order valence-corrected chi connectivity index (χ0v) is 12.6. The average molecular weight is 311 g/mol. The highest BCUT2D eigenvalue weighted by Gasteiger charge is 2.20. The van der Waals surface area contributed by atoms with Gasteiger partial charge < -0.3 is 10.1 Å². The van der Waals surface area contributed by atoms with Crippen LogP contribution in [0.5, 0.6) is 5.88 Å². The maximum Gasteiger partial charge on any atom is 0.258 e. The van der Waals surface area contributed by atoms with Gasteiger partial charge in [0.15, 0.2) is 5.03 Å². The number of H-pyrrole nitrogens is 1. The van der Waals surface area contributed by atoms with Gasteiger partial charge in [0.1, 0.15) is 0 Å². The minimum Gasteiger partial charge on any atom is -0.481 e. The van der Waals surface area contributed by atoms with Crippen molar-refractivity contribution in [1.82, 2.24) is 25.2 Å².